The standard InChI is InChI=1S/C10H9BrClN3OS/c1-16-4-5-8(11)9(13)15-10(14-5)6-2-3-7(12)17-6/h2-3H,4H2,1H3,(H2,13,14,15). The molecule has 4 nitrogen and oxygen atoms in total. The number of ether oxygens (including phenoxy) is 1. The van der Waals surface area contributed by atoms with Crippen molar-refractivity contribution < 1.29 is 4.74 Å². The molecule has 2 heterocycles. The highest BCUT2D eigenvalue weighted by molar-refractivity contribution is 9.10. The van der Waals surface area contributed by atoms with Crippen LogP contribution in [0.15, 0.2) is 16.6 Å². The van der Waals surface area contributed by atoms with Crippen molar-refractivity contribution in [2.75, 3.05) is 12.8 Å². The maximum absolute atomic E-state index is 5.88. The fourth-order valence-electron chi connectivity index (χ4n) is 1.29. The molecule has 7 heteroatoms. The lowest BCUT2D eigenvalue weighted by atomic mass is 10.3. The Hall–Kier alpha value is -0.690. The fourth-order valence-corrected chi connectivity index (χ4v) is 2.56. The van der Waals surface area contributed by atoms with Crippen molar-refractivity contribution in [1.82, 2.24) is 9.97 Å². The zero-order valence-corrected chi connectivity index (χ0v) is 12.1. The summed E-state index contributed by atoms with van der Waals surface area (Å²) in [4.78, 5) is 9.49. The van der Waals surface area contributed by atoms with E-state index in [2.05, 4.69) is 25.9 Å². The van der Waals surface area contributed by atoms with Gasteiger partial charge in [0, 0.05) is 7.11 Å². The largest absolute Gasteiger partial charge is 0.383 e. The van der Waals surface area contributed by atoms with Crippen LogP contribution >= 0.6 is 38.9 Å². The third-order valence-corrected chi connectivity index (χ3v) is 4.11. The lowest BCUT2D eigenvalue weighted by Gasteiger charge is -2.07. The van der Waals surface area contributed by atoms with E-state index in [4.69, 9.17) is 22.1 Å². The summed E-state index contributed by atoms with van der Waals surface area (Å²) < 4.78 is 6.43. The van der Waals surface area contributed by atoms with Crippen molar-refractivity contribution in [3.8, 4) is 10.7 Å². The van der Waals surface area contributed by atoms with Gasteiger partial charge in [-0.15, -0.1) is 11.3 Å². The van der Waals surface area contributed by atoms with Gasteiger partial charge in [-0.1, -0.05) is 11.6 Å². The van der Waals surface area contributed by atoms with Gasteiger partial charge in [0.2, 0.25) is 0 Å². The molecule has 0 atom stereocenters. The Balaban J connectivity index is 2.48. The van der Waals surface area contributed by atoms with Crippen LogP contribution in [0.25, 0.3) is 10.7 Å². The van der Waals surface area contributed by atoms with Crippen molar-refractivity contribution in [2.24, 2.45) is 0 Å². The summed E-state index contributed by atoms with van der Waals surface area (Å²) >= 11 is 10.6. The van der Waals surface area contributed by atoms with Gasteiger partial charge in [0.25, 0.3) is 0 Å². The van der Waals surface area contributed by atoms with E-state index in [-0.39, 0.29) is 0 Å². The van der Waals surface area contributed by atoms with Crippen LogP contribution in [0, 0.1) is 0 Å². The van der Waals surface area contributed by atoms with E-state index in [1.807, 2.05) is 6.07 Å². The first-order valence-electron chi connectivity index (χ1n) is 4.68. The van der Waals surface area contributed by atoms with Gasteiger partial charge in [-0.3, -0.25) is 0 Å². The highest BCUT2D eigenvalue weighted by Crippen LogP contribution is 2.31. The highest BCUT2D eigenvalue weighted by atomic mass is 79.9. The van der Waals surface area contributed by atoms with Gasteiger partial charge in [0.15, 0.2) is 5.82 Å². The van der Waals surface area contributed by atoms with Gasteiger partial charge in [-0.05, 0) is 28.1 Å². The van der Waals surface area contributed by atoms with E-state index in [9.17, 15) is 0 Å². The molecule has 0 fully saturated rings. The highest BCUT2D eigenvalue weighted by Gasteiger charge is 2.12. The van der Waals surface area contributed by atoms with Crippen LogP contribution in [0.2, 0.25) is 4.34 Å². The quantitative estimate of drug-likeness (QED) is 0.935. The van der Waals surface area contributed by atoms with E-state index in [0.717, 1.165) is 10.6 Å². The number of anilines is 1. The minimum Gasteiger partial charge on any atom is -0.383 e. The second-order valence-electron chi connectivity index (χ2n) is 3.23. The molecule has 2 aromatic rings. The van der Waals surface area contributed by atoms with Crippen LogP contribution < -0.4 is 5.73 Å². The summed E-state index contributed by atoms with van der Waals surface area (Å²) in [5, 5.41) is 0. The van der Waals surface area contributed by atoms with E-state index >= 15 is 0 Å². The van der Waals surface area contributed by atoms with Crippen molar-refractivity contribution >= 4 is 44.7 Å². The van der Waals surface area contributed by atoms with Crippen LogP contribution in [0.3, 0.4) is 0 Å². The minimum atomic E-state index is 0.374. The molecule has 0 aliphatic rings. The number of nitrogens with zero attached hydrogens (tertiary/aromatic N) is 2. The molecule has 90 valence electrons. The Kier molecular flexibility index (Phi) is 3.98. The zero-order chi connectivity index (χ0) is 12.4. The first-order chi connectivity index (χ1) is 8.11. The Morgan fingerprint density at radius 1 is 1.47 bits per heavy atom. The number of nitrogens with two attached hydrogens (primary N) is 1. The summed E-state index contributed by atoms with van der Waals surface area (Å²) in [6.45, 7) is 0.374. The van der Waals surface area contributed by atoms with Crippen LogP contribution in [0.1, 0.15) is 5.69 Å². The van der Waals surface area contributed by atoms with Gasteiger partial charge in [-0.2, -0.15) is 0 Å². The third-order valence-electron chi connectivity index (χ3n) is 2.02. The van der Waals surface area contributed by atoms with Gasteiger partial charge >= 0.3 is 0 Å². The van der Waals surface area contributed by atoms with Gasteiger partial charge < -0.3 is 10.5 Å². The van der Waals surface area contributed by atoms with Gasteiger partial charge in [0.1, 0.15) is 5.82 Å². The lowest BCUT2D eigenvalue weighted by molar-refractivity contribution is 0.181. The van der Waals surface area contributed by atoms with E-state index in [1.165, 1.54) is 11.3 Å². The second kappa shape index (κ2) is 5.30. The second-order valence-corrected chi connectivity index (χ2v) is 5.74. The molecule has 0 saturated carbocycles. The molecule has 0 aromatic carbocycles. The lowest BCUT2D eigenvalue weighted by Crippen LogP contribution is -2.03. The van der Waals surface area contributed by atoms with E-state index in [0.29, 0.717) is 27.1 Å². The van der Waals surface area contributed by atoms with Crippen LogP contribution in [0.4, 0.5) is 5.82 Å². The first kappa shape index (κ1) is 12.8. The number of methoxy groups -OCH3 is 1. The monoisotopic (exact) mass is 333 g/mol. The molecule has 0 aliphatic carbocycles. The number of nitrogen functional groups attached to an aromatic ring is 1. The number of halogens is 2. The smallest absolute Gasteiger partial charge is 0.172 e. The summed E-state index contributed by atoms with van der Waals surface area (Å²) in [5.74, 6) is 0.959. The Morgan fingerprint density at radius 3 is 2.82 bits per heavy atom. The zero-order valence-electron chi connectivity index (χ0n) is 8.91. The molecule has 0 unspecified atom stereocenters. The predicted octanol–water partition coefficient (Wildman–Crippen LogP) is 3.35. The number of thiophene rings is 1. The van der Waals surface area contributed by atoms with Crippen molar-refractivity contribution in [3.63, 3.8) is 0 Å². The Bertz CT molecular complexity index is 546. The van der Waals surface area contributed by atoms with Gasteiger partial charge in [0.05, 0.1) is 26.0 Å². The van der Waals surface area contributed by atoms with E-state index in [1.54, 1.807) is 13.2 Å². The predicted molar refractivity (Wildman–Crippen MR) is 73.2 cm³/mol. The van der Waals surface area contributed by atoms with Gasteiger partial charge in [-0.25, -0.2) is 9.97 Å². The molecule has 0 amide bonds. The van der Waals surface area contributed by atoms with Crippen LogP contribution in [0.5, 0.6) is 0 Å². The maximum Gasteiger partial charge on any atom is 0.172 e. The minimum absolute atomic E-state index is 0.374. The first-order valence-corrected chi connectivity index (χ1v) is 6.67. The molecule has 2 aromatic heterocycles. The Morgan fingerprint density at radius 2 is 2.24 bits per heavy atom. The molecule has 0 spiro atoms. The Labute approximate surface area is 116 Å². The van der Waals surface area contributed by atoms with Crippen LogP contribution in [-0.2, 0) is 11.3 Å². The number of hydrogen-bond acceptors (Lipinski definition) is 5. The number of rotatable bonds is 3. The van der Waals surface area contributed by atoms with Crippen molar-refractivity contribution in [3.05, 3.63) is 26.6 Å². The summed E-state index contributed by atoms with van der Waals surface area (Å²) in [5.41, 5.74) is 6.54. The van der Waals surface area contributed by atoms with E-state index < -0.39 is 0 Å². The molecule has 0 bridgehead atoms. The topological polar surface area (TPSA) is 61.0 Å². The normalized spacial score (nSPS) is 10.8. The fraction of sp³-hybridized carbons (Fsp3) is 0.200. The summed E-state index contributed by atoms with van der Waals surface area (Å²) in [6.07, 6.45) is 0. The average molecular weight is 335 g/mol. The molecule has 2 rings (SSSR count). The maximum atomic E-state index is 5.88. The summed E-state index contributed by atoms with van der Waals surface area (Å²) in [6, 6.07) is 3.67. The van der Waals surface area contributed by atoms with Crippen molar-refractivity contribution in [2.45, 2.75) is 6.61 Å². The SMILES string of the molecule is COCc1nc(-c2ccc(Cl)s2)nc(N)c1Br. The average Bonchev–Trinajstić information content (AvgIpc) is 2.71. The molecule has 17 heavy (non-hydrogen) atoms. The molecule has 2 N–H and O–H groups in total. The summed E-state index contributed by atoms with van der Waals surface area (Å²) in [7, 11) is 1.60. The molecular weight excluding hydrogens is 326 g/mol. The number of hydrogen-bond donors (Lipinski definition) is 1. The number of aromatic nitrogens is 2. The third kappa shape index (κ3) is 2.77. The van der Waals surface area contributed by atoms with Crippen molar-refractivity contribution in [1.29, 1.82) is 0 Å². The van der Waals surface area contributed by atoms with Crippen LogP contribution in [-0.4, -0.2) is 17.1 Å². The molecule has 0 saturated heterocycles. The molecule has 0 radical (unpaired) electrons. The molecule has 0 aliphatic heterocycles. The molecular formula is C10H9BrClN3OS.